The van der Waals surface area contributed by atoms with Crippen molar-refractivity contribution in [1.29, 1.82) is 0 Å². The third-order valence-electron chi connectivity index (χ3n) is 3.00. The van der Waals surface area contributed by atoms with E-state index >= 15 is 0 Å². The number of likely N-dealkylation sites (N-methyl/N-ethyl adjacent to an activating group) is 1. The van der Waals surface area contributed by atoms with Crippen LogP contribution in [0.1, 0.15) is 16.1 Å². The number of hydrogen-bond acceptors (Lipinski definition) is 5. The average molecular weight is 317 g/mol. The Labute approximate surface area is 130 Å². The van der Waals surface area contributed by atoms with Gasteiger partial charge in [-0.2, -0.15) is 0 Å². The second-order valence-corrected chi connectivity index (χ2v) is 4.81. The van der Waals surface area contributed by atoms with Gasteiger partial charge in [0.15, 0.2) is 6.61 Å². The molecular formula is C15H15N3O5. The summed E-state index contributed by atoms with van der Waals surface area (Å²) in [6.45, 7) is -0.115. The summed E-state index contributed by atoms with van der Waals surface area (Å²) in [6, 6.07) is 10.2. The van der Waals surface area contributed by atoms with Crippen molar-refractivity contribution < 1.29 is 14.3 Å². The minimum atomic E-state index is -0.949. The maximum Gasteiger partial charge on any atom is 0.355 e. The van der Waals surface area contributed by atoms with E-state index in [1.54, 1.807) is 7.05 Å². The maximum atomic E-state index is 11.9. The number of nitrogens with zero attached hydrogens (tertiary/aromatic N) is 1. The third-order valence-corrected chi connectivity index (χ3v) is 3.00. The first-order valence-corrected chi connectivity index (χ1v) is 6.74. The van der Waals surface area contributed by atoms with E-state index in [-0.39, 0.29) is 5.69 Å². The fraction of sp³-hybridized carbons (Fsp3) is 0.200. The van der Waals surface area contributed by atoms with Gasteiger partial charge in [-0.25, -0.2) is 9.59 Å². The van der Waals surface area contributed by atoms with E-state index in [0.29, 0.717) is 6.54 Å². The van der Waals surface area contributed by atoms with Crippen molar-refractivity contribution >= 4 is 11.9 Å². The topological polar surface area (TPSA) is 112 Å². The SMILES string of the molecule is CN(Cc1ccccc1)C(=O)COC(=O)c1cc(=O)[nH]c(=O)[nH]1. The summed E-state index contributed by atoms with van der Waals surface area (Å²) >= 11 is 0. The summed E-state index contributed by atoms with van der Waals surface area (Å²) in [7, 11) is 1.58. The minimum Gasteiger partial charge on any atom is -0.451 e. The van der Waals surface area contributed by atoms with Gasteiger partial charge in [0.25, 0.3) is 11.5 Å². The van der Waals surface area contributed by atoms with Crippen LogP contribution in [0, 0.1) is 0 Å². The number of amides is 1. The number of aromatic nitrogens is 2. The summed E-state index contributed by atoms with van der Waals surface area (Å²) in [5, 5.41) is 0. The molecule has 0 aliphatic heterocycles. The number of ether oxygens (including phenoxy) is 1. The normalized spacial score (nSPS) is 10.1. The van der Waals surface area contributed by atoms with E-state index in [2.05, 4.69) is 4.98 Å². The molecule has 23 heavy (non-hydrogen) atoms. The maximum absolute atomic E-state index is 11.9. The number of carbonyl (C=O) groups excluding carboxylic acids is 2. The molecule has 0 aliphatic rings. The summed E-state index contributed by atoms with van der Waals surface area (Å²) in [4.78, 5) is 51.3. The van der Waals surface area contributed by atoms with Gasteiger partial charge in [0.05, 0.1) is 0 Å². The van der Waals surface area contributed by atoms with Gasteiger partial charge < -0.3 is 14.6 Å². The summed E-state index contributed by atoms with van der Waals surface area (Å²) in [5.74, 6) is -1.36. The van der Waals surface area contributed by atoms with Gasteiger partial charge in [-0.05, 0) is 5.56 Å². The summed E-state index contributed by atoms with van der Waals surface area (Å²) in [5.41, 5.74) is -0.920. The molecule has 1 heterocycles. The van der Waals surface area contributed by atoms with Crippen LogP contribution >= 0.6 is 0 Å². The van der Waals surface area contributed by atoms with Crippen molar-refractivity contribution in [2.45, 2.75) is 6.54 Å². The van der Waals surface area contributed by atoms with Crippen LogP contribution < -0.4 is 11.2 Å². The first kappa shape index (κ1) is 16.2. The predicted molar refractivity (Wildman–Crippen MR) is 80.9 cm³/mol. The molecule has 1 aromatic carbocycles. The van der Waals surface area contributed by atoms with Crippen LogP contribution in [0.15, 0.2) is 46.0 Å². The largest absolute Gasteiger partial charge is 0.451 e. The molecule has 2 rings (SSSR count). The van der Waals surface area contributed by atoms with Crippen LogP contribution in [0.3, 0.4) is 0 Å². The van der Waals surface area contributed by atoms with Crippen molar-refractivity contribution in [2.75, 3.05) is 13.7 Å². The van der Waals surface area contributed by atoms with Gasteiger partial charge in [0.2, 0.25) is 0 Å². The lowest BCUT2D eigenvalue weighted by Crippen LogP contribution is -2.32. The van der Waals surface area contributed by atoms with E-state index in [4.69, 9.17) is 4.74 Å². The molecule has 0 saturated carbocycles. The number of nitrogens with one attached hydrogen (secondary N) is 2. The first-order chi connectivity index (χ1) is 11.0. The lowest BCUT2D eigenvalue weighted by molar-refractivity contribution is -0.133. The Bertz CT molecular complexity index is 781. The predicted octanol–water partition coefficient (Wildman–Crippen LogP) is -0.121. The number of benzene rings is 1. The summed E-state index contributed by atoms with van der Waals surface area (Å²) < 4.78 is 4.81. The molecule has 2 N–H and O–H groups in total. The van der Waals surface area contributed by atoms with Crippen LogP contribution in [0.25, 0.3) is 0 Å². The Hall–Kier alpha value is -3.16. The number of rotatable bonds is 5. The lowest BCUT2D eigenvalue weighted by atomic mass is 10.2. The fourth-order valence-electron chi connectivity index (χ4n) is 1.84. The Kier molecular flexibility index (Phi) is 5.08. The second-order valence-electron chi connectivity index (χ2n) is 4.81. The van der Waals surface area contributed by atoms with Gasteiger partial charge in [-0.15, -0.1) is 0 Å². The van der Waals surface area contributed by atoms with Crippen molar-refractivity contribution in [3.63, 3.8) is 0 Å². The number of carbonyl (C=O) groups is 2. The van der Waals surface area contributed by atoms with Gasteiger partial charge in [0, 0.05) is 19.7 Å². The zero-order valence-electron chi connectivity index (χ0n) is 12.4. The number of esters is 1. The second kappa shape index (κ2) is 7.21. The van der Waals surface area contributed by atoms with Crippen LogP contribution in [0.2, 0.25) is 0 Å². The van der Waals surface area contributed by atoms with Crippen LogP contribution in [0.4, 0.5) is 0 Å². The van der Waals surface area contributed by atoms with Gasteiger partial charge in [-0.3, -0.25) is 14.6 Å². The number of H-pyrrole nitrogens is 2. The molecule has 120 valence electrons. The molecule has 0 atom stereocenters. The Balaban J connectivity index is 1.91. The molecular weight excluding hydrogens is 302 g/mol. The van der Waals surface area contributed by atoms with E-state index < -0.39 is 29.7 Å². The highest BCUT2D eigenvalue weighted by atomic mass is 16.5. The zero-order chi connectivity index (χ0) is 16.8. The molecule has 0 saturated heterocycles. The molecule has 0 spiro atoms. The van der Waals surface area contributed by atoms with Crippen molar-refractivity contribution in [3.8, 4) is 0 Å². The zero-order valence-corrected chi connectivity index (χ0v) is 12.4. The van der Waals surface area contributed by atoms with E-state index in [9.17, 15) is 19.2 Å². The van der Waals surface area contributed by atoms with Gasteiger partial charge in [-0.1, -0.05) is 30.3 Å². The number of aromatic amines is 2. The monoisotopic (exact) mass is 317 g/mol. The summed E-state index contributed by atoms with van der Waals surface area (Å²) in [6.07, 6.45) is 0. The Morgan fingerprint density at radius 3 is 2.48 bits per heavy atom. The lowest BCUT2D eigenvalue weighted by Gasteiger charge is -2.17. The molecule has 1 amide bonds. The van der Waals surface area contributed by atoms with Crippen molar-refractivity contribution in [3.05, 3.63) is 68.5 Å². The molecule has 0 fully saturated rings. The molecule has 0 unspecified atom stereocenters. The van der Waals surface area contributed by atoms with E-state index in [1.165, 1.54) is 4.90 Å². The average Bonchev–Trinajstić information content (AvgIpc) is 2.52. The van der Waals surface area contributed by atoms with Crippen molar-refractivity contribution in [1.82, 2.24) is 14.9 Å². The molecule has 1 aromatic heterocycles. The first-order valence-electron chi connectivity index (χ1n) is 6.74. The molecule has 8 nitrogen and oxygen atoms in total. The Morgan fingerprint density at radius 1 is 1.13 bits per heavy atom. The highest BCUT2D eigenvalue weighted by molar-refractivity contribution is 5.89. The highest BCUT2D eigenvalue weighted by Crippen LogP contribution is 2.03. The number of hydrogen-bond donors (Lipinski definition) is 2. The molecule has 8 heteroatoms. The molecule has 0 radical (unpaired) electrons. The van der Waals surface area contributed by atoms with E-state index in [0.717, 1.165) is 11.6 Å². The molecule has 0 bridgehead atoms. The molecule has 2 aromatic rings. The van der Waals surface area contributed by atoms with Crippen LogP contribution in [-0.4, -0.2) is 40.4 Å². The fourth-order valence-corrected chi connectivity index (χ4v) is 1.84. The van der Waals surface area contributed by atoms with E-state index in [1.807, 2.05) is 35.3 Å². The van der Waals surface area contributed by atoms with Gasteiger partial charge >= 0.3 is 11.7 Å². The van der Waals surface area contributed by atoms with Gasteiger partial charge in [0.1, 0.15) is 5.69 Å². The molecule has 0 aliphatic carbocycles. The van der Waals surface area contributed by atoms with Crippen LogP contribution in [-0.2, 0) is 16.1 Å². The highest BCUT2D eigenvalue weighted by Gasteiger charge is 2.15. The smallest absolute Gasteiger partial charge is 0.355 e. The van der Waals surface area contributed by atoms with Crippen LogP contribution in [0.5, 0.6) is 0 Å². The Morgan fingerprint density at radius 2 is 1.83 bits per heavy atom. The third kappa shape index (κ3) is 4.67. The minimum absolute atomic E-state index is 0.308. The van der Waals surface area contributed by atoms with Crippen molar-refractivity contribution in [2.24, 2.45) is 0 Å². The standard InChI is InChI=1S/C15H15N3O5/c1-18(8-10-5-3-2-4-6-10)13(20)9-23-14(21)11-7-12(19)17-15(22)16-11/h2-7H,8-9H2,1H3,(H2,16,17,19,22). The quantitative estimate of drug-likeness (QED) is 0.747.